The van der Waals surface area contributed by atoms with Gasteiger partial charge in [-0.25, -0.2) is 9.37 Å². The van der Waals surface area contributed by atoms with Crippen LogP contribution in [0.25, 0.3) is 11.1 Å². The zero-order valence-corrected chi connectivity index (χ0v) is 22.8. The molecular formula is C27H31ClF2N6O2. The molecule has 1 atom stereocenters. The number of anilines is 3. The van der Waals surface area contributed by atoms with Crippen LogP contribution in [0, 0.1) is 11.8 Å². The van der Waals surface area contributed by atoms with Crippen LogP contribution in [0.1, 0.15) is 18.5 Å². The van der Waals surface area contributed by atoms with Gasteiger partial charge in [-0.2, -0.15) is 4.39 Å². The fraction of sp³-hybridized carbons (Fsp3) is 0.333. The highest BCUT2D eigenvalue weighted by molar-refractivity contribution is 6.30. The molecule has 3 aromatic rings. The molecule has 1 N–H and O–H groups in total. The molecule has 1 amide bonds. The molecule has 0 aliphatic heterocycles. The molecule has 11 heteroatoms. The largest absolute Gasteiger partial charge is 0.365 e. The summed E-state index contributed by atoms with van der Waals surface area (Å²) in [5.74, 6) is -2.07. The van der Waals surface area contributed by atoms with Crippen molar-refractivity contribution in [3.05, 3.63) is 65.1 Å². The summed E-state index contributed by atoms with van der Waals surface area (Å²) < 4.78 is 29.6. The molecule has 2 heterocycles. The lowest BCUT2D eigenvalue weighted by Crippen LogP contribution is -2.32. The van der Waals surface area contributed by atoms with Crippen molar-refractivity contribution in [2.24, 2.45) is 0 Å². The molecule has 2 aromatic heterocycles. The molecule has 0 bridgehead atoms. The van der Waals surface area contributed by atoms with E-state index in [1.807, 2.05) is 23.9 Å². The number of carbonyl (C=O) groups is 2. The standard InChI is InChI=1S/C27H31ClF2N6O2/c1-17(16-37)26-19(7-6-10-31-26)25-22(14-23(33-27(25)30)35(4)12-11-34(2)3)36(5)15-24(38)32-18-8-9-20(28)21(29)13-18/h6-10,13-14,16-17H,11-12,15H2,1-5H3,(H,32,38)/t17-/m1/s1. The second-order valence-electron chi connectivity index (χ2n) is 9.28. The molecule has 0 saturated carbocycles. The van der Waals surface area contributed by atoms with Crippen LogP contribution >= 0.6 is 11.6 Å². The summed E-state index contributed by atoms with van der Waals surface area (Å²) in [7, 11) is 7.32. The first-order valence-corrected chi connectivity index (χ1v) is 12.3. The number of nitrogens with zero attached hydrogens (tertiary/aromatic N) is 5. The minimum atomic E-state index is -0.756. The number of rotatable bonds is 11. The number of benzene rings is 1. The van der Waals surface area contributed by atoms with Gasteiger partial charge in [0.25, 0.3) is 0 Å². The Morgan fingerprint density at radius 3 is 2.50 bits per heavy atom. The van der Waals surface area contributed by atoms with Gasteiger partial charge in [0.15, 0.2) is 0 Å². The average molecular weight is 545 g/mol. The Morgan fingerprint density at radius 1 is 1.11 bits per heavy atom. The highest BCUT2D eigenvalue weighted by Gasteiger charge is 2.24. The normalized spacial score (nSPS) is 11.8. The van der Waals surface area contributed by atoms with Crippen molar-refractivity contribution in [3.63, 3.8) is 0 Å². The summed E-state index contributed by atoms with van der Waals surface area (Å²) in [6.45, 7) is 2.80. The van der Waals surface area contributed by atoms with E-state index in [0.717, 1.165) is 18.9 Å². The van der Waals surface area contributed by atoms with Crippen molar-refractivity contribution in [1.29, 1.82) is 0 Å². The second kappa shape index (κ2) is 12.7. The molecule has 0 aliphatic carbocycles. The van der Waals surface area contributed by atoms with Crippen LogP contribution in [0.4, 0.5) is 26.0 Å². The second-order valence-corrected chi connectivity index (χ2v) is 9.69. The van der Waals surface area contributed by atoms with E-state index in [4.69, 9.17) is 11.6 Å². The predicted octanol–water partition coefficient (Wildman–Crippen LogP) is 4.45. The number of nitrogens with one attached hydrogen (secondary N) is 1. The fourth-order valence-electron chi connectivity index (χ4n) is 3.83. The smallest absolute Gasteiger partial charge is 0.243 e. The molecule has 0 saturated heterocycles. The van der Waals surface area contributed by atoms with Crippen molar-refractivity contribution in [3.8, 4) is 11.1 Å². The molecule has 3 rings (SSSR count). The van der Waals surface area contributed by atoms with E-state index in [1.54, 1.807) is 44.1 Å². The van der Waals surface area contributed by atoms with Crippen molar-refractivity contribution in [1.82, 2.24) is 14.9 Å². The summed E-state index contributed by atoms with van der Waals surface area (Å²) in [6, 6.07) is 8.98. The van der Waals surface area contributed by atoms with Gasteiger partial charge in [-0.15, -0.1) is 0 Å². The van der Waals surface area contributed by atoms with Gasteiger partial charge in [0.05, 0.1) is 34.4 Å². The molecule has 0 radical (unpaired) electrons. The van der Waals surface area contributed by atoms with Crippen molar-refractivity contribution in [2.75, 3.05) is 62.9 Å². The number of aldehydes is 1. The maximum absolute atomic E-state index is 15.8. The van der Waals surface area contributed by atoms with Crippen LogP contribution in [0.2, 0.25) is 5.02 Å². The lowest BCUT2D eigenvalue weighted by molar-refractivity contribution is -0.115. The number of hydrogen-bond donors (Lipinski definition) is 1. The summed E-state index contributed by atoms with van der Waals surface area (Å²) in [5.41, 5.74) is 1.55. The first kappa shape index (κ1) is 28.9. The van der Waals surface area contributed by atoms with E-state index in [-0.39, 0.29) is 22.8 Å². The molecule has 0 fully saturated rings. The van der Waals surface area contributed by atoms with Crippen LogP contribution in [0.5, 0.6) is 0 Å². The Hall–Kier alpha value is -3.63. The molecule has 38 heavy (non-hydrogen) atoms. The Bertz CT molecular complexity index is 1310. The van der Waals surface area contributed by atoms with E-state index in [0.29, 0.717) is 29.3 Å². The first-order valence-electron chi connectivity index (χ1n) is 11.9. The van der Waals surface area contributed by atoms with E-state index in [2.05, 4.69) is 15.3 Å². The number of carbonyl (C=O) groups excluding carboxylic acids is 2. The SMILES string of the molecule is C[C@H](C=O)c1ncccc1-c1c(N(C)CC(=O)Nc2ccc(Cl)c(F)c2)cc(N(C)CCN(C)C)nc1F. The van der Waals surface area contributed by atoms with Crippen LogP contribution in [-0.2, 0) is 9.59 Å². The third-order valence-corrected chi connectivity index (χ3v) is 6.26. The molecule has 0 unspecified atom stereocenters. The third-order valence-electron chi connectivity index (χ3n) is 5.95. The Morgan fingerprint density at radius 2 is 1.84 bits per heavy atom. The summed E-state index contributed by atoms with van der Waals surface area (Å²) >= 11 is 5.73. The van der Waals surface area contributed by atoms with E-state index < -0.39 is 23.6 Å². The van der Waals surface area contributed by atoms with Crippen molar-refractivity contribution < 1.29 is 18.4 Å². The topological polar surface area (TPSA) is 81.7 Å². The molecule has 0 aliphatic rings. The Labute approximate surface area is 226 Å². The quantitative estimate of drug-likeness (QED) is 0.282. The summed E-state index contributed by atoms with van der Waals surface area (Å²) in [5, 5.41) is 2.57. The van der Waals surface area contributed by atoms with Crippen LogP contribution in [-0.4, -0.2) is 74.9 Å². The van der Waals surface area contributed by atoms with Crippen LogP contribution in [0.15, 0.2) is 42.6 Å². The van der Waals surface area contributed by atoms with Gasteiger partial charge in [0.2, 0.25) is 11.9 Å². The number of aromatic nitrogens is 2. The van der Waals surface area contributed by atoms with E-state index in [1.165, 1.54) is 18.3 Å². The van der Waals surface area contributed by atoms with Gasteiger partial charge >= 0.3 is 0 Å². The third kappa shape index (κ3) is 7.02. The zero-order valence-electron chi connectivity index (χ0n) is 22.0. The molecule has 1 aromatic carbocycles. The van der Waals surface area contributed by atoms with Gasteiger partial charge in [-0.05, 0) is 38.4 Å². The molecular weight excluding hydrogens is 514 g/mol. The van der Waals surface area contributed by atoms with Gasteiger partial charge in [0, 0.05) is 50.7 Å². The number of amides is 1. The van der Waals surface area contributed by atoms with Crippen LogP contribution < -0.4 is 15.1 Å². The monoisotopic (exact) mass is 544 g/mol. The Balaban J connectivity index is 2.03. The Kier molecular flexibility index (Phi) is 9.71. The number of likely N-dealkylation sites (N-methyl/N-ethyl adjacent to an activating group) is 3. The fourth-order valence-corrected chi connectivity index (χ4v) is 3.95. The lowest BCUT2D eigenvalue weighted by atomic mass is 9.96. The maximum atomic E-state index is 15.8. The van der Waals surface area contributed by atoms with Gasteiger partial charge in [-0.1, -0.05) is 24.6 Å². The van der Waals surface area contributed by atoms with E-state index in [9.17, 15) is 14.0 Å². The van der Waals surface area contributed by atoms with E-state index >= 15 is 4.39 Å². The van der Waals surface area contributed by atoms with Crippen molar-refractivity contribution in [2.45, 2.75) is 12.8 Å². The molecule has 0 spiro atoms. The number of hydrogen-bond acceptors (Lipinski definition) is 7. The highest BCUT2D eigenvalue weighted by atomic mass is 35.5. The molecule has 202 valence electrons. The highest BCUT2D eigenvalue weighted by Crippen LogP contribution is 2.37. The first-order chi connectivity index (χ1) is 18.0. The minimum absolute atomic E-state index is 0.0558. The number of pyridine rings is 2. The summed E-state index contributed by atoms with van der Waals surface area (Å²) in [4.78, 5) is 38.3. The van der Waals surface area contributed by atoms with Gasteiger partial charge in [0.1, 0.15) is 17.9 Å². The van der Waals surface area contributed by atoms with Crippen LogP contribution in [0.3, 0.4) is 0 Å². The lowest BCUT2D eigenvalue weighted by Gasteiger charge is -2.27. The van der Waals surface area contributed by atoms with Gasteiger partial charge < -0.3 is 24.8 Å². The average Bonchev–Trinajstić information content (AvgIpc) is 2.88. The summed E-state index contributed by atoms with van der Waals surface area (Å²) in [6.07, 6.45) is 2.28. The van der Waals surface area contributed by atoms with Gasteiger partial charge in [-0.3, -0.25) is 9.78 Å². The van der Waals surface area contributed by atoms with Crippen molar-refractivity contribution >= 4 is 41.0 Å². The minimum Gasteiger partial charge on any atom is -0.365 e. The predicted molar refractivity (Wildman–Crippen MR) is 147 cm³/mol. The number of halogens is 3. The zero-order chi connectivity index (χ0) is 28.0. The molecule has 8 nitrogen and oxygen atoms in total. The maximum Gasteiger partial charge on any atom is 0.243 e.